The summed E-state index contributed by atoms with van der Waals surface area (Å²) in [7, 11) is 4.21. The summed E-state index contributed by atoms with van der Waals surface area (Å²) in [5.41, 5.74) is 3.25. The summed E-state index contributed by atoms with van der Waals surface area (Å²) in [6.45, 7) is 6.87. The van der Waals surface area contributed by atoms with Gasteiger partial charge in [0.25, 0.3) is 0 Å². The van der Waals surface area contributed by atoms with E-state index in [1.165, 1.54) is 18.5 Å². The molecule has 0 aromatic rings. The maximum Gasteiger partial charge on any atom is 0.0320 e. The summed E-state index contributed by atoms with van der Waals surface area (Å²) in [4.78, 5) is 2.19. The van der Waals surface area contributed by atoms with Crippen molar-refractivity contribution in [3.63, 3.8) is 0 Å². The number of nitrogens with zero attached hydrogens (tertiary/aromatic N) is 1. The van der Waals surface area contributed by atoms with Crippen LogP contribution >= 0.6 is 0 Å². The first kappa shape index (κ1) is 10.4. The minimum Gasteiger partial charge on any atom is -0.378 e. The molecular weight excluding hydrogens is 158 g/mol. The van der Waals surface area contributed by atoms with Gasteiger partial charge < -0.3 is 4.90 Å². The third-order valence-corrected chi connectivity index (χ3v) is 2.57. The highest BCUT2D eigenvalue weighted by molar-refractivity contribution is 5.29. The van der Waals surface area contributed by atoms with Gasteiger partial charge in [-0.05, 0) is 24.3 Å². The molecule has 0 unspecified atom stereocenters. The van der Waals surface area contributed by atoms with Gasteiger partial charge in [-0.1, -0.05) is 32.4 Å². The quantitative estimate of drug-likeness (QED) is 0.597. The summed E-state index contributed by atoms with van der Waals surface area (Å²) in [5.74, 6) is 0. The van der Waals surface area contributed by atoms with Crippen LogP contribution in [0.1, 0.15) is 33.6 Å². The fourth-order valence-electron chi connectivity index (χ4n) is 1.59. The van der Waals surface area contributed by atoms with E-state index >= 15 is 0 Å². The maximum absolute atomic E-state index is 2.34. The zero-order valence-electron chi connectivity index (χ0n) is 9.52. The molecule has 0 aromatic heterocycles. The van der Waals surface area contributed by atoms with Crippen LogP contribution in [0.3, 0.4) is 0 Å². The third kappa shape index (κ3) is 2.61. The molecule has 0 saturated carbocycles. The van der Waals surface area contributed by atoms with Crippen molar-refractivity contribution in [3.05, 3.63) is 23.4 Å². The van der Waals surface area contributed by atoms with Gasteiger partial charge in [-0.15, -0.1) is 0 Å². The van der Waals surface area contributed by atoms with E-state index in [1.54, 1.807) is 5.57 Å². The molecule has 0 fully saturated rings. The van der Waals surface area contributed by atoms with E-state index in [4.69, 9.17) is 0 Å². The van der Waals surface area contributed by atoms with Crippen molar-refractivity contribution in [1.82, 2.24) is 4.90 Å². The Hall–Kier alpha value is -0.720. The topological polar surface area (TPSA) is 3.24 Å². The molecule has 0 amide bonds. The minimum absolute atomic E-state index is 0.329. The smallest absolute Gasteiger partial charge is 0.0320 e. The average molecular weight is 179 g/mol. The van der Waals surface area contributed by atoms with Crippen molar-refractivity contribution in [2.24, 2.45) is 5.41 Å². The van der Waals surface area contributed by atoms with Crippen LogP contribution in [0.4, 0.5) is 0 Å². The molecule has 1 rings (SSSR count). The predicted molar refractivity (Wildman–Crippen MR) is 58.5 cm³/mol. The molecule has 0 heterocycles. The first-order valence-corrected chi connectivity index (χ1v) is 5.00. The maximum atomic E-state index is 2.34. The first-order chi connectivity index (χ1) is 5.91. The standard InChI is InChI=1S/C12H21N/c1-12(2,3)10-7-6-8-11(9-10)13(4)5/h8-9H,6-7H2,1-5H3. The van der Waals surface area contributed by atoms with Crippen LogP contribution < -0.4 is 0 Å². The van der Waals surface area contributed by atoms with Gasteiger partial charge in [-0.3, -0.25) is 0 Å². The average Bonchev–Trinajstić information content (AvgIpc) is 2.03. The summed E-state index contributed by atoms with van der Waals surface area (Å²) < 4.78 is 0. The summed E-state index contributed by atoms with van der Waals surface area (Å²) in [5, 5.41) is 0. The lowest BCUT2D eigenvalue weighted by Gasteiger charge is -2.28. The Morgan fingerprint density at radius 3 is 2.31 bits per heavy atom. The molecule has 74 valence electrons. The zero-order chi connectivity index (χ0) is 10.1. The van der Waals surface area contributed by atoms with Crippen LogP contribution in [0.15, 0.2) is 23.4 Å². The molecule has 0 radical (unpaired) electrons. The Balaban J connectivity index is 2.85. The molecule has 0 aromatic carbocycles. The van der Waals surface area contributed by atoms with Crippen molar-refractivity contribution < 1.29 is 0 Å². The molecule has 0 spiro atoms. The highest BCUT2D eigenvalue weighted by Gasteiger charge is 2.19. The van der Waals surface area contributed by atoms with Crippen LogP contribution in [-0.2, 0) is 0 Å². The SMILES string of the molecule is CN(C)C1=CCCC(C(C)(C)C)=C1. The fourth-order valence-corrected chi connectivity index (χ4v) is 1.59. The van der Waals surface area contributed by atoms with E-state index in [0.29, 0.717) is 5.41 Å². The fraction of sp³-hybridized carbons (Fsp3) is 0.667. The molecule has 1 aliphatic carbocycles. The van der Waals surface area contributed by atoms with E-state index in [1.807, 2.05) is 0 Å². The highest BCUT2D eigenvalue weighted by atomic mass is 15.1. The Kier molecular flexibility index (Phi) is 2.84. The Morgan fingerprint density at radius 2 is 1.85 bits per heavy atom. The molecule has 0 saturated heterocycles. The minimum atomic E-state index is 0.329. The highest BCUT2D eigenvalue weighted by Crippen LogP contribution is 2.33. The number of allylic oxidation sites excluding steroid dienone is 3. The van der Waals surface area contributed by atoms with Gasteiger partial charge in [0.1, 0.15) is 0 Å². The van der Waals surface area contributed by atoms with Gasteiger partial charge in [-0.2, -0.15) is 0 Å². The van der Waals surface area contributed by atoms with E-state index in [-0.39, 0.29) is 0 Å². The lowest BCUT2D eigenvalue weighted by molar-refractivity contribution is 0.464. The summed E-state index contributed by atoms with van der Waals surface area (Å²) in [6, 6.07) is 0. The normalized spacial score (nSPS) is 17.9. The van der Waals surface area contributed by atoms with Crippen molar-refractivity contribution in [2.75, 3.05) is 14.1 Å². The lowest BCUT2D eigenvalue weighted by Crippen LogP contribution is -2.16. The predicted octanol–water partition coefficient (Wildman–Crippen LogP) is 3.20. The van der Waals surface area contributed by atoms with Crippen LogP contribution in [0, 0.1) is 5.41 Å². The van der Waals surface area contributed by atoms with Crippen molar-refractivity contribution >= 4 is 0 Å². The number of hydrogen-bond acceptors (Lipinski definition) is 1. The van der Waals surface area contributed by atoms with E-state index in [2.05, 4.69) is 51.9 Å². The molecule has 0 bridgehead atoms. The van der Waals surface area contributed by atoms with Crippen LogP contribution in [0.2, 0.25) is 0 Å². The Morgan fingerprint density at radius 1 is 1.23 bits per heavy atom. The van der Waals surface area contributed by atoms with E-state index in [0.717, 1.165) is 0 Å². The molecule has 1 aliphatic rings. The molecule has 1 nitrogen and oxygen atoms in total. The van der Waals surface area contributed by atoms with Gasteiger partial charge in [0.05, 0.1) is 0 Å². The Bertz CT molecular complexity index is 238. The van der Waals surface area contributed by atoms with Gasteiger partial charge >= 0.3 is 0 Å². The van der Waals surface area contributed by atoms with Crippen LogP contribution in [0.25, 0.3) is 0 Å². The van der Waals surface area contributed by atoms with Crippen molar-refractivity contribution in [2.45, 2.75) is 33.6 Å². The third-order valence-electron chi connectivity index (χ3n) is 2.57. The van der Waals surface area contributed by atoms with Gasteiger partial charge in [-0.25, -0.2) is 0 Å². The second kappa shape index (κ2) is 3.57. The van der Waals surface area contributed by atoms with E-state index in [9.17, 15) is 0 Å². The first-order valence-electron chi connectivity index (χ1n) is 5.00. The van der Waals surface area contributed by atoms with E-state index < -0.39 is 0 Å². The van der Waals surface area contributed by atoms with Gasteiger partial charge in [0, 0.05) is 19.8 Å². The second-order valence-corrected chi connectivity index (χ2v) is 4.98. The van der Waals surface area contributed by atoms with Gasteiger partial charge in [0.2, 0.25) is 0 Å². The van der Waals surface area contributed by atoms with Crippen LogP contribution in [0.5, 0.6) is 0 Å². The summed E-state index contributed by atoms with van der Waals surface area (Å²) in [6.07, 6.45) is 7.07. The number of hydrogen-bond donors (Lipinski definition) is 0. The molecule has 13 heavy (non-hydrogen) atoms. The summed E-state index contributed by atoms with van der Waals surface area (Å²) >= 11 is 0. The Labute approximate surface area is 82.1 Å². The van der Waals surface area contributed by atoms with Crippen LogP contribution in [-0.4, -0.2) is 19.0 Å². The molecular formula is C12H21N. The number of likely N-dealkylation sites (N-methyl/N-ethyl adjacent to an activating group) is 1. The van der Waals surface area contributed by atoms with Gasteiger partial charge in [0.15, 0.2) is 0 Å². The molecule has 0 aliphatic heterocycles. The lowest BCUT2D eigenvalue weighted by atomic mass is 9.81. The zero-order valence-corrected chi connectivity index (χ0v) is 9.52. The van der Waals surface area contributed by atoms with Crippen molar-refractivity contribution in [1.29, 1.82) is 0 Å². The van der Waals surface area contributed by atoms with Crippen molar-refractivity contribution in [3.8, 4) is 0 Å². The second-order valence-electron chi connectivity index (χ2n) is 4.98. The molecule has 0 N–H and O–H groups in total. The molecule has 0 atom stereocenters. The largest absolute Gasteiger partial charge is 0.378 e. The number of rotatable bonds is 1. The monoisotopic (exact) mass is 179 g/mol. The molecule has 1 heteroatoms.